The maximum Gasteiger partial charge on any atom is 0.223 e. The van der Waals surface area contributed by atoms with Crippen LogP contribution in [-0.2, 0) is 11.3 Å². The molecule has 1 aromatic heterocycles. The molecule has 2 aliphatic rings. The minimum Gasteiger partial charge on any atom is -0.339 e. The van der Waals surface area contributed by atoms with Crippen LogP contribution in [0, 0.1) is 0 Å². The van der Waals surface area contributed by atoms with Gasteiger partial charge in [-0.1, -0.05) is 73.9 Å². The number of hydrogen-bond acceptors (Lipinski definition) is 2. The fourth-order valence-electron chi connectivity index (χ4n) is 5.11. The average Bonchev–Trinajstić information content (AvgIpc) is 3.36. The lowest BCUT2D eigenvalue weighted by Crippen LogP contribution is -2.37. The zero-order valence-electron chi connectivity index (χ0n) is 17.4. The molecule has 0 N–H and O–H groups in total. The van der Waals surface area contributed by atoms with Crippen LogP contribution in [-0.4, -0.2) is 32.9 Å². The van der Waals surface area contributed by atoms with Gasteiger partial charge >= 0.3 is 0 Å². The first-order valence-electron chi connectivity index (χ1n) is 11.3. The van der Waals surface area contributed by atoms with Crippen LogP contribution in [0.5, 0.6) is 0 Å². The van der Waals surface area contributed by atoms with Crippen LogP contribution < -0.4 is 0 Å². The second-order valence-corrected chi connectivity index (χ2v) is 8.62. The molecule has 4 nitrogen and oxygen atoms in total. The molecule has 1 unspecified atom stereocenters. The van der Waals surface area contributed by atoms with Crippen LogP contribution in [0.15, 0.2) is 60.7 Å². The third-order valence-corrected chi connectivity index (χ3v) is 6.62. The molecule has 1 aliphatic carbocycles. The van der Waals surface area contributed by atoms with Gasteiger partial charge in [-0.2, -0.15) is 0 Å². The zero-order chi connectivity index (χ0) is 20.3. The number of nitrogens with zero attached hydrogens (tertiary/aromatic N) is 3. The molecule has 2 fully saturated rings. The Morgan fingerprint density at radius 2 is 1.73 bits per heavy atom. The summed E-state index contributed by atoms with van der Waals surface area (Å²) in [5.41, 5.74) is 3.36. The number of carbonyl (C=O) groups is 1. The maximum absolute atomic E-state index is 12.9. The van der Waals surface area contributed by atoms with E-state index in [1.54, 1.807) is 0 Å². The van der Waals surface area contributed by atoms with Crippen LogP contribution in [0.2, 0.25) is 0 Å². The monoisotopic (exact) mass is 399 g/mol. The van der Waals surface area contributed by atoms with E-state index in [4.69, 9.17) is 4.98 Å². The van der Waals surface area contributed by atoms with Gasteiger partial charge in [-0.15, -0.1) is 0 Å². The first kappa shape index (κ1) is 19.1. The highest BCUT2D eigenvalue weighted by Crippen LogP contribution is 2.34. The number of benzene rings is 2. The van der Waals surface area contributed by atoms with Crippen molar-refractivity contribution in [2.75, 3.05) is 6.54 Å². The van der Waals surface area contributed by atoms with Crippen molar-refractivity contribution in [3.63, 3.8) is 0 Å². The molecular formula is C26H29N3O. The number of allylic oxidation sites excluding steroid dienone is 1. The van der Waals surface area contributed by atoms with Gasteiger partial charge in [0.15, 0.2) is 0 Å². The molecule has 1 amide bonds. The normalized spacial score (nSPS) is 20.6. The predicted octanol–water partition coefficient (Wildman–Crippen LogP) is 5.40. The third-order valence-electron chi connectivity index (χ3n) is 6.62. The Morgan fingerprint density at radius 3 is 2.57 bits per heavy atom. The van der Waals surface area contributed by atoms with Crippen molar-refractivity contribution < 1.29 is 4.79 Å². The fourth-order valence-corrected chi connectivity index (χ4v) is 5.11. The third kappa shape index (κ3) is 3.79. The zero-order valence-corrected chi connectivity index (χ0v) is 17.4. The first-order valence-corrected chi connectivity index (χ1v) is 11.3. The maximum atomic E-state index is 12.9. The summed E-state index contributed by atoms with van der Waals surface area (Å²) in [7, 11) is 0. The Morgan fingerprint density at radius 1 is 0.967 bits per heavy atom. The molecule has 5 rings (SSSR count). The Kier molecular flexibility index (Phi) is 5.39. The average molecular weight is 400 g/mol. The van der Waals surface area contributed by atoms with Gasteiger partial charge in [0.05, 0.1) is 11.0 Å². The molecule has 1 saturated heterocycles. The van der Waals surface area contributed by atoms with Gasteiger partial charge in [0.1, 0.15) is 5.82 Å². The van der Waals surface area contributed by atoms with E-state index in [0.717, 1.165) is 42.8 Å². The van der Waals surface area contributed by atoms with Gasteiger partial charge in [-0.25, -0.2) is 4.98 Å². The standard InChI is InChI=1S/C26H29N3O/c30-25-18-21(19-29(25)22-13-5-2-6-14-22)26-27-23-15-7-8-16-24(23)28(26)17-9-12-20-10-3-1-4-11-20/h1,3-4,7-12,15-16,21-22H,2,5-6,13-14,17-19H2/b12-9+. The molecule has 30 heavy (non-hydrogen) atoms. The van der Waals surface area contributed by atoms with Crippen molar-refractivity contribution in [2.45, 2.75) is 57.0 Å². The molecule has 4 heteroatoms. The van der Waals surface area contributed by atoms with E-state index < -0.39 is 0 Å². The van der Waals surface area contributed by atoms with Crippen molar-refractivity contribution in [1.29, 1.82) is 0 Å². The van der Waals surface area contributed by atoms with E-state index in [0.29, 0.717) is 18.4 Å². The van der Waals surface area contributed by atoms with Crippen LogP contribution >= 0.6 is 0 Å². The Hall–Kier alpha value is -2.88. The second kappa shape index (κ2) is 8.47. The number of carbonyl (C=O) groups excluding carboxylic acids is 1. The molecule has 1 atom stereocenters. The van der Waals surface area contributed by atoms with E-state index in [1.165, 1.54) is 24.8 Å². The lowest BCUT2D eigenvalue weighted by molar-refractivity contribution is -0.130. The van der Waals surface area contributed by atoms with Gasteiger partial charge in [-0.05, 0) is 30.5 Å². The first-order chi connectivity index (χ1) is 14.8. The highest BCUT2D eigenvalue weighted by atomic mass is 16.2. The van der Waals surface area contributed by atoms with E-state index in [2.05, 4.69) is 64.1 Å². The van der Waals surface area contributed by atoms with Crippen molar-refractivity contribution >= 4 is 23.0 Å². The van der Waals surface area contributed by atoms with Crippen LogP contribution in [0.4, 0.5) is 0 Å². The lowest BCUT2D eigenvalue weighted by atomic mass is 9.94. The number of para-hydroxylation sites is 2. The van der Waals surface area contributed by atoms with Gasteiger partial charge < -0.3 is 9.47 Å². The Labute approximate surface area is 178 Å². The summed E-state index contributed by atoms with van der Waals surface area (Å²) < 4.78 is 2.30. The molecule has 0 spiro atoms. The summed E-state index contributed by atoms with van der Waals surface area (Å²) in [5, 5.41) is 0. The number of aromatic nitrogens is 2. The quantitative estimate of drug-likeness (QED) is 0.576. The van der Waals surface area contributed by atoms with E-state index in [9.17, 15) is 4.79 Å². The molecule has 154 valence electrons. The van der Waals surface area contributed by atoms with Crippen LogP contribution in [0.3, 0.4) is 0 Å². The summed E-state index contributed by atoms with van der Waals surface area (Å²) >= 11 is 0. The minimum absolute atomic E-state index is 0.178. The number of fused-ring (bicyclic) bond motifs is 1. The van der Waals surface area contributed by atoms with Gasteiger partial charge in [-0.3, -0.25) is 4.79 Å². The second-order valence-electron chi connectivity index (χ2n) is 8.62. The molecule has 0 radical (unpaired) electrons. The molecule has 1 saturated carbocycles. The highest BCUT2D eigenvalue weighted by Gasteiger charge is 2.37. The van der Waals surface area contributed by atoms with E-state index in [1.807, 2.05) is 12.1 Å². The lowest BCUT2D eigenvalue weighted by Gasteiger charge is -2.31. The SMILES string of the molecule is O=C1CC(c2nc3ccccc3n2C/C=C/c2ccccc2)CN1C1CCCCC1. The summed E-state index contributed by atoms with van der Waals surface area (Å²) in [4.78, 5) is 20.0. The largest absolute Gasteiger partial charge is 0.339 e. The van der Waals surface area contributed by atoms with Crippen molar-refractivity contribution in [3.8, 4) is 0 Å². The minimum atomic E-state index is 0.178. The number of likely N-dealkylation sites (tertiary alicyclic amines) is 1. The number of amides is 1. The summed E-state index contributed by atoms with van der Waals surface area (Å²) in [6.45, 7) is 1.58. The Bertz CT molecular complexity index is 1050. The molecule has 2 aromatic carbocycles. The number of hydrogen-bond donors (Lipinski definition) is 0. The van der Waals surface area contributed by atoms with Crippen molar-refractivity contribution in [3.05, 3.63) is 72.1 Å². The van der Waals surface area contributed by atoms with Gasteiger partial charge in [0, 0.05) is 31.5 Å². The summed E-state index contributed by atoms with van der Waals surface area (Å²) in [6, 6.07) is 19.1. The molecule has 2 heterocycles. The van der Waals surface area contributed by atoms with Gasteiger partial charge in [0.25, 0.3) is 0 Å². The smallest absolute Gasteiger partial charge is 0.223 e. The highest BCUT2D eigenvalue weighted by molar-refractivity contribution is 5.81. The topological polar surface area (TPSA) is 38.1 Å². The molecule has 3 aromatic rings. The van der Waals surface area contributed by atoms with Crippen molar-refractivity contribution in [2.24, 2.45) is 0 Å². The fraction of sp³-hybridized carbons (Fsp3) is 0.385. The van der Waals surface area contributed by atoms with E-state index in [-0.39, 0.29) is 5.92 Å². The molecular weight excluding hydrogens is 370 g/mol. The summed E-state index contributed by atoms with van der Waals surface area (Å²) in [5.74, 6) is 1.54. The number of imidazole rings is 1. The van der Waals surface area contributed by atoms with Crippen molar-refractivity contribution in [1.82, 2.24) is 14.5 Å². The Balaban J connectivity index is 1.42. The predicted molar refractivity (Wildman–Crippen MR) is 121 cm³/mol. The summed E-state index contributed by atoms with van der Waals surface area (Å²) in [6.07, 6.45) is 11.1. The molecule has 1 aliphatic heterocycles. The number of rotatable bonds is 5. The van der Waals surface area contributed by atoms with Crippen LogP contribution in [0.1, 0.15) is 55.8 Å². The van der Waals surface area contributed by atoms with Crippen LogP contribution in [0.25, 0.3) is 17.1 Å². The van der Waals surface area contributed by atoms with Gasteiger partial charge in [0.2, 0.25) is 5.91 Å². The molecule has 0 bridgehead atoms. The van der Waals surface area contributed by atoms with E-state index >= 15 is 0 Å².